The van der Waals surface area contributed by atoms with Gasteiger partial charge in [-0.3, -0.25) is 0 Å². The van der Waals surface area contributed by atoms with Crippen LogP contribution < -0.4 is 4.74 Å². The summed E-state index contributed by atoms with van der Waals surface area (Å²) >= 11 is 10.8. The second-order valence-electron chi connectivity index (χ2n) is 1.97. The predicted molar refractivity (Wildman–Crippen MR) is 40.9 cm³/mol. The fourth-order valence-electron chi connectivity index (χ4n) is 0.576. The lowest BCUT2D eigenvalue weighted by Crippen LogP contribution is -2.17. The molecule has 0 aliphatic carbocycles. The zero-order chi connectivity index (χ0) is 10.1. The molecule has 0 radical (unpaired) electrons. The fourth-order valence-corrected chi connectivity index (χ4v) is 0.828. The molecule has 0 amide bonds. The minimum atomic E-state index is -4.77. The van der Waals surface area contributed by atoms with E-state index in [4.69, 9.17) is 23.2 Å². The van der Waals surface area contributed by atoms with E-state index in [2.05, 4.69) is 9.72 Å². The normalized spacial score (nSPS) is 11.5. The van der Waals surface area contributed by atoms with Gasteiger partial charge in [-0.2, -0.15) is 4.98 Å². The van der Waals surface area contributed by atoms with Crippen molar-refractivity contribution in [3.63, 3.8) is 0 Å². The van der Waals surface area contributed by atoms with E-state index < -0.39 is 12.2 Å². The van der Waals surface area contributed by atoms with E-state index >= 15 is 0 Å². The van der Waals surface area contributed by atoms with E-state index in [9.17, 15) is 13.2 Å². The van der Waals surface area contributed by atoms with Gasteiger partial charge in [-0.15, -0.1) is 13.2 Å². The van der Waals surface area contributed by atoms with Crippen molar-refractivity contribution in [2.75, 3.05) is 0 Å². The number of halogens is 5. The third-order valence-corrected chi connectivity index (χ3v) is 1.69. The van der Waals surface area contributed by atoms with Gasteiger partial charge in [0, 0.05) is 6.07 Å². The first-order valence-electron chi connectivity index (χ1n) is 2.96. The summed E-state index contributed by atoms with van der Waals surface area (Å²) in [7, 11) is 0. The Morgan fingerprint density at radius 2 is 1.85 bits per heavy atom. The number of hydrogen-bond donors (Lipinski definition) is 0. The first-order chi connectivity index (χ1) is 5.88. The quantitative estimate of drug-likeness (QED) is 0.693. The number of hydrogen-bond acceptors (Lipinski definition) is 2. The summed E-state index contributed by atoms with van der Waals surface area (Å²) in [6.45, 7) is 0. The van der Waals surface area contributed by atoms with Gasteiger partial charge < -0.3 is 4.74 Å². The van der Waals surface area contributed by atoms with Crippen molar-refractivity contribution in [1.82, 2.24) is 4.98 Å². The van der Waals surface area contributed by atoms with Crippen LogP contribution in [0.5, 0.6) is 5.88 Å². The zero-order valence-electron chi connectivity index (χ0n) is 5.90. The van der Waals surface area contributed by atoms with Crippen molar-refractivity contribution in [2.24, 2.45) is 0 Å². The minimum absolute atomic E-state index is 0.0659. The van der Waals surface area contributed by atoms with Crippen LogP contribution in [0.1, 0.15) is 0 Å². The van der Waals surface area contributed by atoms with Crippen LogP contribution >= 0.6 is 23.2 Å². The van der Waals surface area contributed by atoms with Gasteiger partial charge >= 0.3 is 6.36 Å². The maximum absolute atomic E-state index is 11.6. The molecule has 72 valence electrons. The molecule has 1 rings (SSSR count). The molecular weight excluding hydrogens is 230 g/mol. The molecule has 0 unspecified atom stereocenters. The zero-order valence-corrected chi connectivity index (χ0v) is 7.41. The second kappa shape index (κ2) is 3.59. The van der Waals surface area contributed by atoms with Crippen molar-refractivity contribution in [2.45, 2.75) is 6.36 Å². The van der Waals surface area contributed by atoms with E-state index in [1.807, 2.05) is 0 Å². The highest BCUT2D eigenvalue weighted by Gasteiger charge is 2.31. The molecule has 1 heterocycles. The summed E-state index contributed by atoms with van der Waals surface area (Å²) in [6.07, 6.45) is -4.77. The number of rotatable bonds is 1. The van der Waals surface area contributed by atoms with E-state index in [1.54, 1.807) is 0 Å². The van der Waals surface area contributed by atoms with Crippen LogP contribution in [0.2, 0.25) is 10.2 Å². The van der Waals surface area contributed by atoms with Crippen molar-refractivity contribution >= 4 is 23.2 Å². The van der Waals surface area contributed by atoms with Crippen molar-refractivity contribution < 1.29 is 17.9 Å². The highest BCUT2D eigenvalue weighted by atomic mass is 35.5. The van der Waals surface area contributed by atoms with E-state index in [0.29, 0.717) is 0 Å². The lowest BCUT2D eigenvalue weighted by molar-refractivity contribution is -0.276. The van der Waals surface area contributed by atoms with Gasteiger partial charge in [0.2, 0.25) is 5.88 Å². The molecule has 2 nitrogen and oxygen atoms in total. The van der Waals surface area contributed by atoms with Gasteiger partial charge in [0.05, 0.1) is 5.02 Å². The number of ether oxygens (including phenoxy) is 1. The first kappa shape index (κ1) is 10.4. The molecule has 1 aromatic heterocycles. The number of aromatic nitrogens is 1. The highest BCUT2D eigenvalue weighted by Crippen LogP contribution is 2.26. The van der Waals surface area contributed by atoms with Gasteiger partial charge in [0.15, 0.2) is 5.15 Å². The van der Waals surface area contributed by atoms with Gasteiger partial charge in [-0.1, -0.05) is 23.2 Å². The molecule has 0 N–H and O–H groups in total. The maximum atomic E-state index is 11.6. The lowest BCUT2D eigenvalue weighted by atomic mass is 10.5. The van der Waals surface area contributed by atoms with Gasteiger partial charge in [0.25, 0.3) is 0 Å². The van der Waals surface area contributed by atoms with Crippen LogP contribution in [-0.4, -0.2) is 11.3 Å². The fraction of sp³-hybridized carbons (Fsp3) is 0.167. The summed E-state index contributed by atoms with van der Waals surface area (Å²) in [5.41, 5.74) is 0. The second-order valence-corrected chi connectivity index (χ2v) is 2.74. The third kappa shape index (κ3) is 3.28. The summed E-state index contributed by atoms with van der Waals surface area (Å²) in [6, 6.07) is 2.14. The minimum Gasteiger partial charge on any atom is -0.388 e. The van der Waals surface area contributed by atoms with Crippen LogP contribution in [0, 0.1) is 0 Å². The highest BCUT2D eigenvalue weighted by molar-refractivity contribution is 6.41. The van der Waals surface area contributed by atoms with Gasteiger partial charge in [-0.25, -0.2) is 0 Å². The smallest absolute Gasteiger partial charge is 0.388 e. The Kier molecular flexibility index (Phi) is 2.87. The van der Waals surface area contributed by atoms with Crippen molar-refractivity contribution in [3.8, 4) is 5.88 Å². The van der Waals surface area contributed by atoms with Crippen LogP contribution in [0.15, 0.2) is 12.1 Å². The topological polar surface area (TPSA) is 22.1 Å². The molecule has 0 aromatic carbocycles. The Morgan fingerprint density at radius 1 is 1.23 bits per heavy atom. The predicted octanol–water partition coefficient (Wildman–Crippen LogP) is 3.29. The molecule has 0 bridgehead atoms. The Balaban J connectivity index is 2.86. The summed E-state index contributed by atoms with van der Waals surface area (Å²) in [5, 5.41) is -0.167. The molecule has 7 heteroatoms. The van der Waals surface area contributed by atoms with Crippen LogP contribution in [0.25, 0.3) is 0 Å². The Labute approximate surface area is 81.2 Å². The van der Waals surface area contributed by atoms with Crippen molar-refractivity contribution in [1.29, 1.82) is 0 Å². The van der Waals surface area contributed by atoms with Gasteiger partial charge in [0.1, 0.15) is 0 Å². The van der Waals surface area contributed by atoms with E-state index in [-0.39, 0.29) is 10.2 Å². The standard InChI is InChI=1S/C6H2Cl2F3NO/c7-3-1-2-4(12-5(3)8)13-6(9,10)11/h1-2H. The molecule has 0 spiro atoms. The summed E-state index contributed by atoms with van der Waals surface area (Å²) in [4.78, 5) is 3.25. The molecule has 0 aliphatic heterocycles. The molecule has 1 aromatic rings. The summed E-state index contributed by atoms with van der Waals surface area (Å²) in [5.74, 6) is -0.637. The van der Waals surface area contributed by atoms with Crippen LogP contribution in [0.3, 0.4) is 0 Å². The third-order valence-electron chi connectivity index (χ3n) is 0.998. The monoisotopic (exact) mass is 231 g/mol. The molecule has 0 atom stereocenters. The molecule has 0 saturated heterocycles. The first-order valence-corrected chi connectivity index (χ1v) is 3.72. The molecule has 0 fully saturated rings. The van der Waals surface area contributed by atoms with E-state index in [1.165, 1.54) is 0 Å². The van der Waals surface area contributed by atoms with Crippen LogP contribution in [-0.2, 0) is 0 Å². The molecular formula is C6H2Cl2F3NO. The average Bonchev–Trinajstić information content (AvgIpc) is 1.94. The largest absolute Gasteiger partial charge is 0.574 e. The number of alkyl halides is 3. The maximum Gasteiger partial charge on any atom is 0.574 e. The number of nitrogens with zero attached hydrogens (tertiary/aromatic N) is 1. The number of pyridine rings is 1. The van der Waals surface area contributed by atoms with Gasteiger partial charge in [-0.05, 0) is 6.07 Å². The molecule has 13 heavy (non-hydrogen) atoms. The Bertz CT molecular complexity index is 315. The Morgan fingerprint density at radius 3 is 2.31 bits per heavy atom. The Hall–Kier alpha value is -0.680. The average molecular weight is 232 g/mol. The molecule has 0 saturated carbocycles. The molecule has 0 aliphatic rings. The lowest BCUT2D eigenvalue weighted by Gasteiger charge is -2.07. The van der Waals surface area contributed by atoms with Crippen molar-refractivity contribution in [3.05, 3.63) is 22.3 Å². The SMILES string of the molecule is FC(F)(F)Oc1ccc(Cl)c(Cl)n1. The summed E-state index contributed by atoms with van der Waals surface area (Å²) < 4.78 is 38.4. The van der Waals surface area contributed by atoms with E-state index in [0.717, 1.165) is 12.1 Å². The van der Waals surface area contributed by atoms with Crippen LogP contribution in [0.4, 0.5) is 13.2 Å².